The van der Waals surface area contributed by atoms with Crippen LogP contribution in [0, 0.1) is 0 Å². The minimum atomic E-state index is -0.347. The predicted molar refractivity (Wildman–Crippen MR) is 119 cm³/mol. The molecule has 0 fully saturated rings. The number of hydrogen-bond donors (Lipinski definition) is 3. The summed E-state index contributed by atoms with van der Waals surface area (Å²) in [6, 6.07) is 24.2. The Balaban J connectivity index is 1.52. The minimum absolute atomic E-state index is 0.321. The first-order valence-electron chi connectivity index (χ1n) is 8.96. The molecule has 0 heterocycles. The first-order chi connectivity index (χ1) is 14.1. The van der Waals surface area contributed by atoms with Crippen LogP contribution in [0.3, 0.4) is 0 Å². The number of hydrogen-bond acceptors (Lipinski definition) is 3. The summed E-state index contributed by atoms with van der Waals surface area (Å²) in [6.45, 7) is 0.884. The average molecular weight is 426 g/mol. The van der Waals surface area contributed by atoms with E-state index in [2.05, 4.69) is 16.2 Å². The number of benzene rings is 3. The number of halogens is 1. The van der Waals surface area contributed by atoms with Crippen molar-refractivity contribution >= 4 is 34.8 Å². The van der Waals surface area contributed by atoms with Gasteiger partial charge in [-0.05, 0) is 47.6 Å². The molecule has 0 atom stereocenters. The molecule has 3 rings (SSSR count). The summed E-state index contributed by atoms with van der Waals surface area (Å²) >= 11 is 11.1. The van der Waals surface area contributed by atoms with Gasteiger partial charge in [0, 0.05) is 11.6 Å². The Hall–Kier alpha value is -3.09. The molecule has 0 saturated heterocycles. The number of carbonyl (C=O) groups is 1. The standard InChI is InChI=1S/C22H20ClN3O2S/c23-18-12-10-17(11-13-18)15-28-20-9-5-4-8-19(20)21(27)25-26-22(29)24-14-16-6-2-1-3-7-16/h1-13H,14-15H2,(H,25,27)(H2,24,26,29). The summed E-state index contributed by atoms with van der Waals surface area (Å²) in [6.07, 6.45) is 0. The lowest BCUT2D eigenvalue weighted by Gasteiger charge is -2.14. The van der Waals surface area contributed by atoms with Gasteiger partial charge in [-0.15, -0.1) is 0 Å². The highest BCUT2D eigenvalue weighted by Gasteiger charge is 2.12. The van der Waals surface area contributed by atoms with Crippen LogP contribution in [-0.4, -0.2) is 11.0 Å². The second-order valence-corrected chi connectivity index (χ2v) is 7.00. The third kappa shape index (κ3) is 6.48. The molecule has 148 valence electrons. The maximum Gasteiger partial charge on any atom is 0.273 e. The Morgan fingerprint density at radius 2 is 1.55 bits per heavy atom. The number of rotatable bonds is 6. The number of ether oxygens (including phenoxy) is 1. The Kier molecular flexibility index (Phi) is 7.44. The quantitative estimate of drug-likeness (QED) is 0.407. The van der Waals surface area contributed by atoms with Crippen molar-refractivity contribution in [2.24, 2.45) is 0 Å². The number of thiocarbonyl (C=S) groups is 1. The van der Waals surface area contributed by atoms with E-state index in [0.29, 0.717) is 34.6 Å². The van der Waals surface area contributed by atoms with Gasteiger partial charge in [0.2, 0.25) is 0 Å². The second kappa shape index (κ2) is 10.5. The van der Waals surface area contributed by atoms with E-state index in [-0.39, 0.29) is 5.91 Å². The maximum absolute atomic E-state index is 12.5. The van der Waals surface area contributed by atoms with Crippen molar-refractivity contribution in [3.63, 3.8) is 0 Å². The van der Waals surface area contributed by atoms with Crippen molar-refractivity contribution in [3.05, 3.63) is 101 Å². The molecule has 0 aliphatic heterocycles. The van der Waals surface area contributed by atoms with Gasteiger partial charge in [0.1, 0.15) is 12.4 Å². The molecule has 3 N–H and O–H groups in total. The van der Waals surface area contributed by atoms with Crippen molar-refractivity contribution in [1.29, 1.82) is 0 Å². The molecule has 7 heteroatoms. The van der Waals surface area contributed by atoms with E-state index in [1.807, 2.05) is 48.5 Å². The molecular formula is C22H20ClN3O2S. The van der Waals surface area contributed by atoms with Gasteiger partial charge in [0.05, 0.1) is 5.56 Å². The number of carbonyl (C=O) groups excluding carboxylic acids is 1. The summed E-state index contributed by atoms with van der Waals surface area (Å²) < 4.78 is 5.82. The SMILES string of the molecule is O=C(NNC(=S)NCc1ccccc1)c1ccccc1OCc1ccc(Cl)cc1. The van der Waals surface area contributed by atoms with E-state index >= 15 is 0 Å². The monoisotopic (exact) mass is 425 g/mol. The highest BCUT2D eigenvalue weighted by molar-refractivity contribution is 7.80. The van der Waals surface area contributed by atoms with E-state index < -0.39 is 0 Å². The van der Waals surface area contributed by atoms with Gasteiger partial charge in [-0.1, -0.05) is 66.2 Å². The smallest absolute Gasteiger partial charge is 0.273 e. The first-order valence-corrected chi connectivity index (χ1v) is 9.75. The summed E-state index contributed by atoms with van der Waals surface area (Å²) in [4.78, 5) is 12.5. The molecule has 3 aromatic carbocycles. The molecule has 0 unspecified atom stereocenters. The van der Waals surface area contributed by atoms with Crippen molar-refractivity contribution in [1.82, 2.24) is 16.2 Å². The molecule has 0 aliphatic rings. The Morgan fingerprint density at radius 3 is 2.31 bits per heavy atom. The first kappa shape index (κ1) is 20.6. The van der Waals surface area contributed by atoms with Gasteiger partial charge in [-0.3, -0.25) is 15.6 Å². The molecule has 0 spiro atoms. The topological polar surface area (TPSA) is 62.4 Å². The van der Waals surface area contributed by atoms with Crippen LogP contribution < -0.4 is 20.9 Å². The molecule has 0 bridgehead atoms. The lowest BCUT2D eigenvalue weighted by Crippen LogP contribution is -2.46. The molecular weight excluding hydrogens is 406 g/mol. The van der Waals surface area contributed by atoms with E-state index in [0.717, 1.165) is 11.1 Å². The molecule has 5 nitrogen and oxygen atoms in total. The van der Waals surface area contributed by atoms with Crippen molar-refractivity contribution in [2.45, 2.75) is 13.2 Å². The molecule has 0 aromatic heterocycles. The van der Waals surface area contributed by atoms with E-state index in [1.54, 1.807) is 30.3 Å². The zero-order valence-corrected chi connectivity index (χ0v) is 17.1. The van der Waals surface area contributed by atoms with Crippen molar-refractivity contribution in [3.8, 4) is 5.75 Å². The summed E-state index contributed by atoms with van der Waals surface area (Å²) in [5, 5.41) is 4.02. The maximum atomic E-state index is 12.5. The number of para-hydroxylation sites is 1. The van der Waals surface area contributed by atoms with Gasteiger partial charge in [0.15, 0.2) is 5.11 Å². The fraction of sp³-hybridized carbons (Fsp3) is 0.0909. The molecule has 1 amide bonds. The minimum Gasteiger partial charge on any atom is -0.488 e. The van der Waals surface area contributed by atoms with Crippen LogP contribution in [-0.2, 0) is 13.2 Å². The molecule has 0 saturated carbocycles. The second-order valence-electron chi connectivity index (χ2n) is 6.16. The van der Waals surface area contributed by atoms with E-state index in [1.165, 1.54) is 0 Å². The number of nitrogens with one attached hydrogen (secondary N) is 3. The van der Waals surface area contributed by atoms with E-state index in [4.69, 9.17) is 28.6 Å². The van der Waals surface area contributed by atoms with Crippen LogP contribution in [0.4, 0.5) is 0 Å². The van der Waals surface area contributed by atoms with Crippen LogP contribution in [0.1, 0.15) is 21.5 Å². The van der Waals surface area contributed by atoms with Gasteiger partial charge in [-0.25, -0.2) is 0 Å². The van der Waals surface area contributed by atoms with Gasteiger partial charge in [-0.2, -0.15) is 0 Å². The molecule has 0 radical (unpaired) electrons. The summed E-state index contributed by atoms with van der Waals surface area (Å²) in [7, 11) is 0. The van der Waals surface area contributed by atoms with Crippen LogP contribution in [0.25, 0.3) is 0 Å². The zero-order valence-electron chi connectivity index (χ0n) is 15.5. The number of amides is 1. The normalized spacial score (nSPS) is 10.1. The van der Waals surface area contributed by atoms with Crippen LogP contribution in [0.2, 0.25) is 5.02 Å². The molecule has 3 aromatic rings. The fourth-order valence-corrected chi connectivity index (χ4v) is 2.77. The molecule has 29 heavy (non-hydrogen) atoms. The Labute approximate surface area is 180 Å². The van der Waals surface area contributed by atoms with E-state index in [9.17, 15) is 4.79 Å². The van der Waals surface area contributed by atoms with Crippen LogP contribution >= 0.6 is 23.8 Å². The lowest BCUT2D eigenvalue weighted by atomic mass is 10.2. The highest BCUT2D eigenvalue weighted by Crippen LogP contribution is 2.19. The Morgan fingerprint density at radius 1 is 0.862 bits per heavy atom. The molecule has 0 aliphatic carbocycles. The largest absolute Gasteiger partial charge is 0.488 e. The number of hydrazine groups is 1. The van der Waals surface area contributed by atoms with Crippen LogP contribution in [0.15, 0.2) is 78.9 Å². The summed E-state index contributed by atoms with van der Waals surface area (Å²) in [5.74, 6) is 0.130. The third-order valence-electron chi connectivity index (χ3n) is 4.02. The fourth-order valence-electron chi connectivity index (χ4n) is 2.53. The van der Waals surface area contributed by atoms with Gasteiger partial charge in [0.25, 0.3) is 5.91 Å². The Bertz CT molecular complexity index is 965. The lowest BCUT2D eigenvalue weighted by molar-refractivity contribution is 0.0939. The highest BCUT2D eigenvalue weighted by atomic mass is 35.5. The van der Waals surface area contributed by atoms with Gasteiger partial charge < -0.3 is 10.1 Å². The third-order valence-corrected chi connectivity index (χ3v) is 4.52. The zero-order chi connectivity index (χ0) is 20.5. The van der Waals surface area contributed by atoms with Crippen LogP contribution in [0.5, 0.6) is 5.75 Å². The summed E-state index contributed by atoms with van der Waals surface area (Å²) in [5.41, 5.74) is 7.74. The predicted octanol–water partition coefficient (Wildman–Crippen LogP) is 4.23. The van der Waals surface area contributed by atoms with Crippen molar-refractivity contribution < 1.29 is 9.53 Å². The average Bonchev–Trinajstić information content (AvgIpc) is 2.76. The van der Waals surface area contributed by atoms with Crippen molar-refractivity contribution in [2.75, 3.05) is 0 Å². The van der Waals surface area contributed by atoms with Gasteiger partial charge >= 0.3 is 0 Å².